The van der Waals surface area contributed by atoms with Crippen molar-refractivity contribution in [3.8, 4) is 11.1 Å². The summed E-state index contributed by atoms with van der Waals surface area (Å²) in [4.78, 5) is 0. The first-order valence-electron chi connectivity index (χ1n) is 14.6. The van der Waals surface area contributed by atoms with Crippen molar-refractivity contribution in [2.75, 3.05) is 0 Å². The number of hydrogen-bond acceptors (Lipinski definition) is 0. The van der Waals surface area contributed by atoms with Gasteiger partial charge in [-0.05, 0) is 141 Å². The molecule has 0 amide bonds. The van der Waals surface area contributed by atoms with E-state index in [1.165, 1.54) is 39.0 Å². The largest absolute Gasteiger partial charge is 0.0984 e. The van der Waals surface area contributed by atoms with Crippen LogP contribution in [0.5, 0.6) is 0 Å². The Balaban J connectivity index is 0.00000840. The van der Waals surface area contributed by atoms with Crippen molar-refractivity contribution in [3.05, 3.63) is 133 Å². The Morgan fingerprint density at radius 2 is 1.07 bits per heavy atom. The molecule has 0 radical (unpaired) electrons. The molecule has 0 atom stereocenters. The first-order chi connectivity index (χ1) is 19.0. The van der Waals surface area contributed by atoms with E-state index < -0.39 is 0 Å². The van der Waals surface area contributed by atoms with Crippen molar-refractivity contribution < 1.29 is 1.43 Å². The summed E-state index contributed by atoms with van der Waals surface area (Å²) in [6, 6.07) is 13.4. The Labute approximate surface area is 247 Å². The molecule has 40 heavy (non-hydrogen) atoms. The summed E-state index contributed by atoms with van der Waals surface area (Å²) in [5.41, 5.74) is 15.2. The summed E-state index contributed by atoms with van der Waals surface area (Å²) >= 11 is 0. The van der Waals surface area contributed by atoms with Crippen LogP contribution in [0.3, 0.4) is 0 Å². The van der Waals surface area contributed by atoms with Gasteiger partial charge in [0.1, 0.15) is 0 Å². The molecule has 0 saturated heterocycles. The average molecular weight is 533 g/mol. The van der Waals surface area contributed by atoms with Gasteiger partial charge in [-0.3, -0.25) is 0 Å². The quantitative estimate of drug-likeness (QED) is 0.140. The van der Waals surface area contributed by atoms with Crippen LogP contribution in [0, 0.1) is 0 Å². The van der Waals surface area contributed by atoms with Crippen LogP contribution in [0.2, 0.25) is 0 Å². The van der Waals surface area contributed by atoms with Crippen molar-refractivity contribution in [2.24, 2.45) is 0 Å². The molecule has 0 heteroatoms. The standard InChI is InChI=1S/C40H50.H2/c1-12-30(7)40-27-37(23-25-39(40)34(11)21-17-15-19-32(9)29(5)6)36-22-24-38(35(13-2)26-36)33(10)20-16-14-18-31(8)28(3)4;/h12-13,22-27H,2-3,5,8-11,14-21H2,1,4,6-7H3;1H/b30-12+;. The fourth-order valence-electron chi connectivity index (χ4n) is 4.80. The Bertz CT molecular complexity index is 1340. The lowest BCUT2D eigenvalue weighted by molar-refractivity contribution is 0.754. The molecule has 0 aliphatic rings. The maximum atomic E-state index is 4.46. The minimum Gasteiger partial charge on any atom is -0.0984 e. The molecule has 0 fully saturated rings. The molecular formula is C40H52. The van der Waals surface area contributed by atoms with Gasteiger partial charge in [0.25, 0.3) is 0 Å². The lowest BCUT2D eigenvalue weighted by atomic mass is 9.88. The third kappa shape index (κ3) is 9.23. The zero-order valence-corrected chi connectivity index (χ0v) is 25.7. The number of allylic oxidation sites excluding steroid dienone is 8. The normalized spacial score (nSPS) is 11.2. The summed E-state index contributed by atoms with van der Waals surface area (Å²) in [7, 11) is 0. The van der Waals surface area contributed by atoms with E-state index in [0.717, 1.165) is 84.8 Å². The molecule has 0 heterocycles. The molecule has 2 aromatic rings. The average Bonchev–Trinajstić information content (AvgIpc) is 2.95. The predicted octanol–water partition coefficient (Wildman–Crippen LogP) is 13.1. The first-order valence-corrected chi connectivity index (χ1v) is 14.6. The van der Waals surface area contributed by atoms with Crippen molar-refractivity contribution in [2.45, 2.75) is 79.1 Å². The van der Waals surface area contributed by atoms with Crippen LogP contribution in [-0.4, -0.2) is 0 Å². The van der Waals surface area contributed by atoms with Gasteiger partial charge in [0.05, 0.1) is 0 Å². The number of unbranched alkanes of at least 4 members (excludes halogenated alkanes) is 2. The second-order valence-electron chi connectivity index (χ2n) is 11.1. The van der Waals surface area contributed by atoms with Gasteiger partial charge < -0.3 is 0 Å². The molecule has 0 aliphatic carbocycles. The molecule has 0 bridgehead atoms. The van der Waals surface area contributed by atoms with Crippen molar-refractivity contribution in [1.29, 1.82) is 0 Å². The van der Waals surface area contributed by atoms with E-state index >= 15 is 0 Å². The SMILES string of the molecule is C=Cc1cc(-c2ccc(C(=C)CCCCC(=C)C(=C)C)c(/C(C)=C/C)c2)ccc1C(=C)CCCCC(=C)C(=C)C.[HH]. The molecule has 0 spiro atoms. The maximum Gasteiger partial charge on any atom is 0 e. The Hall–Kier alpha value is -3.64. The van der Waals surface area contributed by atoms with Gasteiger partial charge in [-0.25, -0.2) is 0 Å². The van der Waals surface area contributed by atoms with Gasteiger partial charge >= 0.3 is 0 Å². The fourth-order valence-corrected chi connectivity index (χ4v) is 4.80. The predicted molar refractivity (Wildman–Crippen MR) is 186 cm³/mol. The Morgan fingerprint density at radius 3 is 1.55 bits per heavy atom. The molecule has 2 rings (SSSR count). The smallest absolute Gasteiger partial charge is 0 e. The highest BCUT2D eigenvalue weighted by atomic mass is 14.2. The van der Waals surface area contributed by atoms with E-state index in [1.54, 1.807) is 0 Å². The minimum absolute atomic E-state index is 0. The van der Waals surface area contributed by atoms with Crippen molar-refractivity contribution >= 4 is 22.8 Å². The second-order valence-corrected chi connectivity index (χ2v) is 11.1. The van der Waals surface area contributed by atoms with E-state index in [1.807, 2.05) is 19.9 Å². The first kappa shape index (κ1) is 32.6. The van der Waals surface area contributed by atoms with Crippen LogP contribution in [0.25, 0.3) is 33.9 Å². The van der Waals surface area contributed by atoms with Crippen LogP contribution in [0.4, 0.5) is 0 Å². The molecule has 0 aliphatic heterocycles. The van der Waals surface area contributed by atoms with Crippen LogP contribution in [0.1, 0.15) is 103 Å². The second kappa shape index (κ2) is 15.8. The molecule has 2 aromatic carbocycles. The molecule has 0 aromatic heterocycles. The summed E-state index contributed by atoms with van der Waals surface area (Å²) < 4.78 is 0. The molecule has 212 valence electrons. The summed E-state index contributed by atoms with van der Waals surface area (Å²) in [5.74, 6) is 0. The van der Waals surface area contributed by atoms with Crippen molar-refractivity contribution in [1.82, 2.24) is 0 Å². The highest BCUT2D eigenvalue weighted by molar-refractivity contribution is 5.83. The number of rotatable bonds is 17. The Morgan fingerprint density at radius 1 is 0.625 bits per heavy atom. The lowest BCUT2D eigenvalue weighted by Gasteiger charge is -2.16. The van der Waals surface area contributed by atoms with Gasteiger partial charge in [0.2, 0.25) is 0 Å². The van der Waals surface area contributed by atoms with Gasteiger partial charge in [-0.2, -0.15) is 0 Å². The van der Waals surface area contributed by atoms with Crippen molar-refractivity contribution in [3.63, 3.8) is 0 Å². The van der Waals surface area contributed by atoms with E-state index in [9.17, 15) is 0 Å². The van der Waals surface area contributed by atoms with E-state index in [2.05, 4.69) is 102 Å². The zero-order chi connectivity index (χ0) is 29.8. The molecule has 0 nitrogen and oxygen atoms in total. The highest BCUT2D eigenvalue weighted by Crippen LogP contribution is 2.34. The monoisotopic (exact) mass is 532 g/mol. The molecular weight excluding hydrogens is 480 g/mol. The summed E-state index contributed by atoms with van der Waals surface area (Å²) in [6.45, 7) is 37.5. The van der Waals surface area contributed by atoms with Crippen LogP contribution >= 0.6 is 0 Å². The molecule has 0 unspecified atom stereocenters. The van der Waals surface area contributed by atoms with Crippen LogP contribution in [0.15, 0.2) is 111 Å². The minimum atomic E-state index is 0. The third-order valence-electron chi connectivity index (χ3n) is 7.87. The highest BCUT2D eigenvalue weighted by Gasteiger charge is 2.12. The molecule has 0 N–H and O–H groups in total. The number of hydrogen-bond donors (Lipinski definition) is 0. The summed E-state index contributed by atoms with van der Waals surface area (Å²) in [6.07, 6.45) is 12.5. The molecule has 0 saturated carbocycles. The maximum absolute atomic E-state index is 4.46. The van der Waals surface area contributed by atoms with E-state index in [4.69, 9.17) is 0 Å². The topological polar surface area (TPSA) is 0 Å². The lowest BCUT2D eigenvalue weighted by Crippen LogP contribution is -1.95. The van der Waals surface area contributed by atoms with Gasteiger partial charge in [-0.15, -0.1) is 0 Å². The fraction of sp³-hybridized carbons (Fsp3) is 0.300. The van der Waals surface area contributed by atoms with Crippen LogP contribution in [-0.2, 0) is 0 Å². The van der Waals surface area contributed by atoms with E-state index in [0.29, 0.717) is 0 Å². The Kier molecular flexibility index (Phi) is 12.9. The van der Waals surface area contributed by atoms with Gasteiger partial charge in [0.15, 0.2) is 0 Å². The zero-order valence-electron chi connectivity index (χ0n) is 25.7. The van der Waals surface area contributed by atoms with E-state index in [-0.39, 0.29) is 1.43 Å². The number of benzene rings is 2. The summed E-state index contributed by atoms with van der Waals surface area (Å²) in [5, 5.41) is 0. The van der Waals surface area contributed by atoms with Gasteiger partial charge in [0, 0.05) is 1.43 Å². The van der Waals surface area contributed by atoms with Crippen LogP contribution < -0.4 is 0 Å². The third-order valence-corrected chi connectivity index (χ3v) is 7.87. The van der Waals surface area contributed by atoms with Gasteiger partial charge in [-0.1, -0.05) is 105 Å².